The number of benzene rings is 3. The number of hydrogen-bond donors (Lipinski definition) is 1. The summed E-state index contributed by atoms with van der Waals surface area (Å²) in [5, 5.41) is 3.44. The molecular weight excluding hydrogens is 526 g/mol. The molecule has 1 aliphatic rings. The van der Waals surface area contributed by atoms with Crippen molar-refractivity contribution in [2.24, 2.45) is 0 Å². The van der Waals surface area contributed by atoms with Gasteiger partial charge in [0.2, 0.25) is 0 Å². The molecule has 0 spiro atoms. The highest BCUT2D eigenvalue weighted by molar-refractivity contribution is 6.11. The number of nitrogens with one attached hydrogen (secondary N) is 1. The van der Waals surface area contributed by atoms with E-state index < -0.39 is 0 Å². The number of carbonyl (C=O) groups excluding carboxylic acids is 1. The van der Waals surface area contributed by atoms with Gasteiger partial charge >= 0.3 is 0 Å². The normalized spacial score (nSPS) is 15.3. The van der Waals surface area contributed by atoms with Crippen LogP contribution in [-0.2, 0) is 0 Å². The Bertz CT molecular complexity index is 1710. The van der Waals surface area contributed by atoms with Gasteiger partial charge in [-0.15, -0.1) is 0 Å². The molecule has 1 saturated heterocycles. The summed E-state index contributed by atoms with van der Waals surface area (Å²) in [4.78, 5) is 21.8. The molecule has 210 valence electrons. The highest BCUT2D eigenvalue weighted by atomic mass is 19.1. The summed E-state index contributed by atoms with van der Waals surface area (Å²) in [6.45, 7) is 1.47. The van der Waals surface area contributed by atoms with Gasteiger partial charge in [0.15, 0.2) is 5.76 Å². The Morgan fingerprint density at radius 1 is 1.00 bits per heavy atom. The minimum Gasteiger partial charge on any atom is -0.455 e. The molecule has 41 heavy (non-hydrogen) atoms. The minimum atomic E-state index is -0.360. The Balaban J connectivity index is 1.38. The van der Waals surface area contributed by atoms with Crippen molar-refractivity contribution in [3.05, 3.63) is 89.6 Å². The highest BCUT2D eigenvalue weighted by Crippen LogP contribution is 2.42. The van der Waals surface area contributed by atoms with E-state index in [9.17, 15) is 13.6 Å². The summed E-state index contributed by atoms with van der Waals surface area (Å²) >= 11 is 0. The van der Waals surface area contributed by atoms with Crippen LogP contribution in [0.4, 0.5) is 20.5 Å². The lowest BCUT2D eigenvalue weighted by molar-refractivity contribution is 0.0964. The molecule has 6 rings (SSSR count). The Hall–Kier alpha value is -4.66. The van der Waals surface area contributed by atoms with Crippen LogP contribution in [0.5, 0.6) is 0 Å². The lowest BCUT2D eigenvalue weighted by Gasteiger charge is -2.33. The Morgan fingerprint density at radius 2 is 1.68 bits per heavy atom. The van der Waals surface area contributed by atoms with Crippen LogP contribution in [0, 0.1) is 11.6 Å². The molecule has 9 heteroatoms. The first-order chi connectivity index (χ1) is 19.8. The van der Waals surface area contributed by atoms with Crippen molar-refractivity contribution in [2.45, 2.75) is 18.8 Å². The summed E-state index contributed by atoms with van der Waals surface area (Å²) in [6.07, 6.45) is 3.55. The largest absolute Gasteiger partial charge is 0.455 e. The van der Waals surface area contributed by atoms with E-state index in [0.717, 1.165) is 36.2 Å². The molecule has 1 fully saturated rings. The fraction of sp³-hybridized carbons (Fsp3) is 0.250. The van der Waals surface area contributed by atoms with Crippen molar-refractivity contribution in [1.82, 2.24) is 10.3 Å². The molecule has 1 amide bonds. The Kier molecular flexibility index (Phi) is 6.95. The number of anilines is 2. The fourth-order valence-electron chi connectivity index (χ4n) is 5.58. The first-order valence-electron chi connectivity index (χ1n) is 13.5. The van der Waals surface area contributed by atoms with Gasteiger partial charge < -0.3 is 24.0 Å². The molecule has 0 radical (unpaired) electrons. The molecule has 0 bridgehead atoms. The summed E-state index contributed by atoms with van der Waals surface area (Å²) in [6, 6.07) is 16.6. The van der Waals surface area contributed by atoms with Crippen LogP contribution in [-0.4, -0.2) is 45.1 Å². The van der Waals surface area contributed by atoms with Gasteiger partial charge in [-0.1, -0.05) is 0 Å². The predicted octanol–water partition coefficient (Wildman–Crippen LogP) is 6.84. The van der Waals surface area contributed by atoms with Crippen LogP contribution in [0.25, 0.3) is 33.6 Å². The standard InChI is InChI=1S/C32H30F2N4O3/c1-35-31(39)29-25-15-24(26(37(2)3)16-27(25)40-30(29)20-8-12-23(34)13-9-20)21-5-4-14-38(18-21)32-36-17-28(41-32)19-6-10-22(33)11-7-19/h6-13,15-17,21H,4-5,14,18H2,1-3H3,(H,35,39)/t21-/m0/s1. The summed E-state index contributed by atoms with van der Waals surface area (Å²) in [7, 11) is 5.55. The minimum absolute atomic E-state index is 0.133. The van der Waals surface area contributed by atoms with Crippen LogP contribution in [0.15, 0.2) is 75.7 Å². The number of fused-ring (bicyclic) bond motifs is 1. The van der Waals surface area contributed by atoms with Crippen LogP contribution < -0.4 is 15.1 Å². The molecule has 5 aromatic rings. The average Bonchev–Trinajstić information content (AvgIpc) is 3.62. The third kappa shape index (κ3) is 5.03. The van der Waals surface area contributed by atoms with Gasteiger partial charge in [-0.3, -0.25) is 4.79 Å². The number of amides is 1. The van der Waals surface area contributed by atoms with Crippen LogP contribution in [0.3, 0.4) is 0 Å². The van der Waals surface area contributed by atoms with Gasteiger partial charge in [0.1, 0.15) is 23.0 Å². The molecule has 1 aliphatic heterocycles. The zero-order valence-electron chi connectivity index (χ0n) is 23.1. The first-order valence-corrected chi connectivity index (χ1v) is 13.5. The van der Waals surface area contributed by atoms with Crippen molar-refractivity contribution in [3.8, 4) is 22.6 Å². The molecule has 1 N–H and O–H groups in total. The van der Waals surface area contributed by atoms with E-state index in [1.807, 2.05) is 25.1 Å². The van der Waals surface area contributed by atoms with Crippen molar-refractivity contribution >= 4 is 28.6 Å². The maximum Gasteiger partial charge on any atom is 0.297 e. The van der Waals surface area contributed by atoms with E-state index in [-0.39, 0.29) is 23.5 Å². The second-order valence-electron chi connectivity index (χ2n) is 10.5. The molecule has 0 unspecified atom stereocenters. The maximum absolute atomic E-state index is 13.6. The van der Waals surface area contributed by atoms with Crippen LogP contribution in [0.2, 0.25) is 0 Å². The topological polar surface area (TPSA) is 74.8 Å². The third-order valence-corrected chi connectivity index (χ3v) is 7.63. The molecule has 2 aromatic heterocycles. The van der Waals surface area contributed by atoms with Crippen molar-refractivity contribution in [1.29, 1.82) is 0 Å². The monoisotopic (exact) mass is 556 g/mol. The van der Waals surface area contributed by atoms with Crippen LogP contribution in [0.1, 0.15) is 34.7 Å². The molecule has 3 aromatic carbocycles. The summed E-state index contributed by atoms with van der Waals surface area (Å²) in [5.41, 5.74) is 4.47. The van der Waals surface area contributed by atoms with E-state index in [1.54, 1.807) is 37.5 Å². The van der Waals surface area contributed by atoms with Gasteiger partial charge in [0.05, 0.1) is 11.8 Å². The van der Waals surface area contributed by atoms with Gasteiger partial charge in [-0.2, -0.15) is 0 Å². The molecule has 7 nitrogen and oxygen atoms in total. The molecule has 0 aliphatic carbocycles. The predicted molar refractivity (Wildman–Crippen MR) is 155 cm³/mol. The maximum atomic E-state index is 13.6. The lowest BCUT2D eigenvalue weighted by Crippen LogP contribution is -2.35. The number of halogens is 2. The van der Waals surface area contributed by atoms with Crippen molar-refractivity contribution < 1.29 is 22.4 Å². The SMILES string of the molecule is CNC(=O)c1c(-c2ccc(F)cc2)oc2cc(N(C)C)c([C@H]3CCCN(c4ncc(-c5ccc(F)cc5)o4)C3)cc12. The van der Waals surface area contributed by atoms with Gasteiger partial charge in [0, 0.05) is 68.4 Å². The third-order valence-electron chi connectivity index (χ3n) is 7.63. The van der Waals surface area contributed by atoms with E-state index in [4.69, 9.17) is 8.83 Å². The summed E-state index contributed by atoms with van der Waals surface area (Å²) in [5.74, 6) is 0.182. The highest BCUT2D eigenvalue weighted by Gasteiger charge is 2.29. The van der Waals surface area contributed by atoms with Gasteiger partial charge in [0.25, 0.3) is 11.9 Å². The number of rotatable bonds is 6. The number of furan rings is 1. The molecule has 1 atom stereocenters. The second-order valence-corrected chi connectivity index (χ2v) is 10.5. The zero-order valence-corrected chi connectivity index (χ0v) is 23.1. The van der Waals surface area contributed by atoms with E-state index in [1.165, 1.54) is 24.3 Å². The number of hydrogen-bond acceptors (Lipinski definition) is 6. The quantitative estimate of drug-likeness (QED) is 0.247. The zero-order chi connectivity index (χ0) is 28.7. The smallest absolute Gasteiger partial charge is 0.297 e. The Labute approximate surface area is 236 Å². The van der Waals surface area contributed by atoms with Crippen LogP contribution >= 0.6 is 0 Å². The number of nitrogens with zero attached hydrogens (tertiary/aromatic N) is 3. The number of aromatic nitrogens is 1. The molecule has 3 heterocycles. The fourth-order valence-corrected chi connectivity index (χ4v) is 5.58. The number of oxazole rings is 1. The first kappa shape index (κ1) is 26.6. The van der Waals surface area contributed by atoms with Crippen molar-refractivity contribution in [3.63, 3.8) is 0 Å². The Morgan fingerprint density at radius 3 is 2.34 bits per heavy atom. The molecule has 0 saturated carbocycles. The van der Waals surface area contributed by atoms with E-state index in [2.05, 4.69) is 21.3 Å². The second kappa shape index (κ2) is 10.7. The van der Waals surface area contributed by atoms with Gasteiger partial charge in [-0.05, 0) is 73.0 Å². The number of piperidine rings is 1. The average molecular weight is 557 g/mol. The summed E-state index contributed by atoms with van der Waals surface area (Å²) < 4.78 is 39.4. The molecular formula is C32H30F2N4O3. The van der Waals surface area contributed by atoms with E-state index >= 15 is 0 Å². The van der Waals surface area contributed by atoms with E-state index in [0.29, 0.717) is 46.2 Å². The van der Waals surface area contributed by atoms with Gasteiger partial charge in [-0.25, -0.2) is 13.8 Å². The lowest BCUT2D eigenvalue weighted by atomic mass is 9.88. The number of carbonyl (C=O) groups is 1. The van der Waals surface area contributed by atoms with Crippen molar-refractivity contribution in [2.75, 3.05) is 44.0 Å².